The van der Waals surface area contributed by atoms with Gasteiger partial charge in [-0.2, -0.15) is 0 Å². The molecule has 0 amide bonds. The van der Waals surface area contributed by atoms with Crippen LogP contribution in [0.3, 0.4) is 0 Å². The Morgan fingerprint density at radius 1 is 1.25 bits per heavy atom. The van der Waals surface area contributed by atoms with E-state index < -0.39 is 5.97 Å². The number of halogens is 1. The number of carboxylic acids is 1. The summed E-state index contributed by atoms with van der Waals surface area (Å²) in [4.78, 5) is 23.4. The zero-order valence-corrected chi connectivity index (χ0v) is 13.5. The van der Waals surface area contributed by atoms with Crippen LogP contribution in [-0.4, -0.2) is 18.2 Å². The Hall–Kier alpha value is -2.79. The van der Waals surface area contributed by atoms with E-state index in [0.29, 0.717) is 33.0 Å². The summed E-state index contributed by atoms with van der Waals surface area (Å²) in [5.41, 5.74) is 1.01. The second-order valence-corrected chi connectivity index (χ2v) is 5.62. The van der Waals surface area contributed by atoms with Gasteiger partial charge in [-0.3, -0.25) is 9.59 Å². The van der Waals surface area contributed by atoms with Crippen LogP contribution in [0.15, 0.2) is 51.7 Å². The third-order valence-electron chi connectivity index (χ3n) is 3.61. The average molecular weight is 345 g/mol. The van der Waals surface area contributed by atoms with Crippen molar-refractivity contribution < 1.29 is 19.1 Å². The lowest BCUT2D eigenvalue weighted by Gasteiger charge is -2.10. The molecule has 0 fully saturated rings. The van der Waals surface area contributed by atoms with Crippen molar-refractivity contribution in [3.8, 4) is 17.1 Å². The molecule has 1 heterocycles. The van der Waals surface area contributed by atoms with Crippen LogP contribution >= 0.6 is 11.6 Å². The summed E-state index contributed by atoms with van der Waals surface area (Å²) in [5, 5.41) is 9.87. The van der Waals surface area contributed by atoms with Crippen molar-refractivity contribution in [3.63, 3.8) is 0 Å². The van der Waals surface area contributed by atoms with Crippen molar-refractivity contribution in [2.75, 3.05) is 7.11 Å². The zero-order chi connectivity index (χ0) is 17.3. The minimum absolute atomic E-state index is 0.235. The molecule has 24 heavy (non-hydrogen) atoms. The number of rotatable bonds is 4. The number of carbonyl (C=O) groups is 1. The van der Waals surface area contributed by atoms with E-state index in [4.69, 9.17) is 25.9 Å². The van der Waals surface area contributed by atoms with Gasteiger partial charge in [-0.25, -0.2) is 0 Å². The quantitative estimate of drug-likeness (QED) is 0.780. The molecule has 0 unspecified atom stereocenters. The smallest absolute Gasteiger partial charge is 0.307 e. The zero-order valence-electron chi connectivity index (χ0n) is 12.7. The molecule has 5 nitrogen and oxygen atoms in total. The molecule has 0 aliphatic heterocycles. The lowest BCUT2D eigenvalue weighted by molar-refractivity contribution is -0.136. The van der Waals surface area contributed by atoms with Gasteiger partial charge in [0.1, 0.15) is 17.1 Å². The maximum absolute atomic E-state index is 12.4. The van der Waals surface area contributed by atoms with E-state index in [1.165, 1.54) is 13.2 Å². The highest BCUT2D eigenvalue weighted by Gasteiger charge is 2.15. The molecule has 3 rings (SSSR count). The largest absolute Gasteiger partial charge is 0.496 e. The molecule has 1 N–H and O–H groups in total. The van der Waals surface area contributed by atoms with Crippen LogP contribution in [0.1, 0.15) is 5.56 Å². The number of hydrogen-bond donors (Lipinski definition) is 1. The standard InChI is InChI=1S/C18H13ClO5/c1-23-15-8-11(19)5-6-13(15)16-9-14(20)12-4-2-3-10(7-17(21)22)18(12)24-16/h2-6,8-9H,7H2,1H3,(H,21,22). The van der Waals surface area contributed by atoms with Gasteiger partial charge in [0, 0.05) is 16.7 Å². The van der Waals surface area contributed by atoms with Crippen LogP contribution in [-0.2, 0) is 11.2 Å². The van der Waals surface area contributed by atoms with Gasteiger partial charge in [0.25, 0.3) is 0 Å². The van der Waals surface area contributed by atoms with E-state index in [1.807, 2.05) is 0 Å². The first-order valence-corrected chi connectivity index (χ1v) is 7.49. The topological polar surface area (TPSA) is 76.7 Å². The number of hydrogen-bond acceptors (Lipinski definition) is 4. The number of benzene rings is 2. The summed E-state index contributed by atoms with van der Waals surface area (Å²) in [6.07, 6.45) is -0.235. The lowest BCUT2D eigenvalue weighted by atomic mass is 10.1. The monoisotopic (exact) mass is 344 g/mol. The fourth-order valence-corrected chi connectivity index (χ4v) is 2.70. The SMILES string of the molecule is COc1cc(Cl)ccc1-c1cc(=O)c2cccc(CC(=O)O)c2o1. The Balaban J connectivity index is 2.27. The van der Waals surface area contributed by atoms with E-state index in [1.54, 1.807) is 36.4 Å². The third kappa shape index (κ3) is 2.98. The van der Waals surface area contributed by atoms with Crippen LogP contribution in [0.2, 0.25) is 5.02 Å². The van der Waals surface area contributed by atoms with E-state index >= 15 is 0 Å². The molecule has 0 saturated carbocycles. The van der Waals surface area contributed by atoms with Crippen LogP contribution < -0.4 is 10.2 Å². The molecule has 0 atom stereocenters. The summed E-state index contributed by atoms with van der Waals surface area (Å²) in [6.45, 7) is 0. The first-order chi connectivity index (χ1) is 11.5. The Kier molecular flexibility index (Phi) is 4.27. The van der Waals surface area contributed by atoms with E-state index in [-0.39, 0.29) is 17.4 Å². The minimum Gasteiger partial charge on any atom is -0.496 e. The summed E-state index contributed by atoms with van der Waals surface area (Å²) in [5.74, 6) is -0.251. The summed E-state index contributed by atoms with van der Waals surface area (Å²) in [7, 11) is 1.49. The Bertz CT molecular complexity index is 990. The number of aliphatic carboxylic acids is 1. The molecule has 6 heteroatoms. The highest BCUT2D eigenvalue weighted by molar-refractivity contribution is 6.30. The van der Waals surface area contributed by atoms with Gasteiger partial charge in [-0.15, -0.1) is 0 Å². The number of ether oxygens (including phenoxy) is 1. The normalized spacial score (nSPS) is 10.8. The van der Waals surface area contributed by atoms with Gasteiger partial charge in [-0.05, 0) is 24.3 Å². The molecule has 3 aromatic rings. The molecule has 1 aromatic heterocycles. The van der Waals surface area contributed by atoms with Crippen molar-refractivity contribution in [1.82, 2.24) is 0 Å². The van der Waals surface area contributed by atoms with Crippen LogP contribution in [0, 0.1) is 0 Å². The van der Waals surface area contributed by atoms with Crippen molar-refractivity contribution >= 4 is 28.5 Å². The molecule has 0 aliphatic carbocycles. The fraction of sp³-hybridized carbons (Fsp3) is 0.111. The lowest BCUT2D eigenvalue weighted by Crippen LogP contribution is -2.05. The van der Waals surface area contributed by atoms with Gasteiger partial charge >= 0.3 is 5.97 Å². The van der Waals surface area contributed by atoms with Crippen molar-refractivity contribution in [1.29, 1.82) is 0 Å². The van der Waals surface area contributed by atoms with E-state index in [2.05, 4.69) is 0 Å². The molecular formula is C18H13ClO5. The summed E-state index contributed by atoms with van der Waals surface area (Å²) >= 11 is 5.95. The third-order valence-corrected chi connectivity index (χ3v) is 3.84. The van der Waals surface area contributed by atoms with Crippen molar-refractivity contribution in [2.24, 2.45) is 0 Å². The fourth-order valence-electron chi connectivity index (χ4n) is 2.54. The van der Waals surface area contributed by atoms with Crippen LogP contribution in [0.25, 0.3) is 22.3 Å². The van der Waals surface area contributed by atoms with Gasteiger partial charge in [0.15, 0.2) is 5.43 Å². The van der Waals surface area contributed by atoms with Crippen LogP contribution in [0.5, 0.6) is 5.75 Å². The number of fused-ring (bicyclic) bond motifs is 1. The predicted molar refractivity (Wildman–Crippen MR) is 90.8 cm³/mol. The molecule has 0 aliphatic rings. The first-order valence-electron chi connectivity index (χ1n) is 7.11. The van der Waals surface area contributed by atoms with Gasteiger partial charge in [0.2, 0.25) is 0 Å². The highest BCUT2D eigenvalue weighted by Crippen LogP contribution is 2.33. The minimum atomic E-state index is -1.00. The maximum Gasteiger partial charge on any atom is 0.307 e. The second kappa shape index (κ2) is 6.37. The molecule has 0 spiro atoms. The Morgan fingerprint density at radius 3 is 2.75 bits per heavy atom. The molecule has 0 bridgehead atoms. The second-order valence-electron chi connectivity index (χ2n) is 5.18. The number of carboxylic acid groups (broad SMARTS) is 1. The Labute approximate surface area is 142 Å². The van der Waals surface area contributed by atoms with Gasteiger partial charge in [0.05, 0.1) is 24.5 Å². The molecular weight excluding hydrogens is 332 g/mol. The molecule has 2 aromatic carbocycles. The molecule has 0 saturated heterocycles. The summed E-state index contributed by atoms with van der Waals surface area (Å²) < 4.78 is 11.1. The number of para-hydroxylation sites is 1. The Morgan fingerprint density at radius 2 is 2.04 bits per heavy atom. The van der Waals surface area contributed by atoms with E-state index in [9.17, 15) is 9.59 Å². The van der Waals surface area contributed by atoms with E-state index in [0.717, 1.165) is 0 Å². The number of methoxy groups -OCH3 is 1. The van der Waals surface area contributed by atoms with Gasteiger partial charge < -0.3 is 14.3 Å². The molecule has 122 valence electrons. The van der Waals surface area contributed by atoms with Crippen molar-refractivity contribution in [3.05, 3.63) is 63.3 Å². The highest BCUT2D eigenvalue weighted by atomic mass is 35.5. The van der Waals surface area contributed by atoms with Crippen LogP contribution in [0.4, 0.5) is 0 Å². The summed E-state index contributed by atoms with van der Waals surface area (Å²) in [6, 6.07) is 11.2. The van der Waals surface area contributed by atoms with Gasteiger partial charge in [-0.1, -0.05) is 23.7 Å². The average Bonchev–Trinajstić information content (AvgIpc) is 2.54. The molecule has 0 radical (unpaired) electrons. The first kappa shape index (κ1) is 16.1. The maximum atomic E-state index is 12.4. The van der Waals surface area contributed by atoms with Crippen molar-refractivity contribution in [2.45, 2.75) is 6.42 Å². The predicted octanol–water partition coefficient (Wildman–Crippen LogP) is 3.75.